The van der Waals surface area contributed by atoms with Gasteiger partial charge in [-0.3, -0.25) is 0 Å². The molecule has 1 saturated heterocycles. The summed E-state index contributed by atoms with van der Waals surface area (Å²) in [6, 6.07) is 2.26. The molecule has 1 aliphatic rings. The van der Waals surface area contributed by atoms with E-state index in [4.69, 9.17) is 17.5 Å². The van der Waals surface area contributed by atoms with Crippen molar-refractivity contribution in [3.05, 3.63) is 0 Å². The molecule has 0 spiro atoms. The van der Waals surface area contributed by atoms with Gasteiger partial charge in [0, 0.05) is 11.8 Å². The van der Waals surface area contributed by atoms with Crippen LogP contribution in [0.5, 0.6) is 0 Å². The summed E-state index contributed by atoms with van der Waals surface area (Å²) in [4.78, 5) is 0.805. The highest BCUT2D eigenvalue weighted by Crippen LogP contribution is 2.39. The standard InChI is InChI=1S/C8H12N2S/c1-7(2)4-6(11)10-8(7,3)5-9/h4H2,1-3H3,(H,10,11). The van der Waals surface area contributed by atoms with Crippen LogP contribution in [0.25, 0.3) is 0 Å². The first-order chi connectivity index (χ1) is 4.91. The molecule has 0 radical (unpaired) electrons. The number of hydrogen-bond acceptors (Lipinski definition) is 2. The van der Waals surface area contributed by atoms with Gasteiger partial charge in [0.2, 0.25) is 0 Å². The molecular weight excluding hydrogens is 156 g/mol. The number of nitrogens with one attached hydrogen (secondary N) is 1. The van der Waals surface area contributed by atoms with Gasteiger partial charge in [-0.2, -0.15) is 5.26 Å². The zero-order chi connectivity index (χ0) is 8.70. The first-order valence-electron chi connectivity index (χ1n) is 3.63. The van der Waals surface area contributed by atoms with Gasteiger partial charge in [-0.1, -0.05) is 26.1 Å². The third kappa shape index (κ3) is 1.12. The molecule has 11 heavy (non-hydrogen) atoms. The highest BCUT2D eigenvalue weighted by atomic mass is 32.1. The molecule has 1 aliphatic heterocycles. The van der Waals surface area contributed by atoms with E-state index in [0.717, 1.165) is 11.4 Å². The molecular formula is C8H12N2S. The van der Waals surface area contributed by atoms with Crippen LogP contribution in [0.1, 0.15) is 27.2 Å². The van der Waals surface area contributed by atoms with Crippen LogP contribution >= 0.6 is 12.2 Å². The second-order valence-electron chi connectivity index (χ2n) is 3.85. The Bertz CT molecular complexity index is 239. The van der Waals surface area contributed by atoms with Crippen molar-refractivity contribution in [1.82, 2.24) is 5.32 Å². The van der Waals surface area contributed by atoms with Gasteiger partial charge in [-0.05, 0) is 6.92 Å². The summed E-state index contributed by atoms with van der Waals surface area (Å²) in [5, 5.41) is 11.9. The van der Waals surface area contributed by atoms with E-state index in [9.17, 15) is 0 Å². The Labute approximate surface area is 72.6 Å². The Hall–Kier alpha value is -0.620. The summed E-state index contributed by atoms with van der Waals surface area (Å²) in [6.45, 7) is 6.01. The lowest BCUT2D eigenvalue weighted by molar-refractivity contribution is 0.264. The van der Waals surface area contributed by atoms with E-state index in [-0.39, 0.29) is 5.41 Å². The van der Waals surface area contributed by atoms with E-state index in [0.29, 0.717) is 0 Å². The molecule has 0 amide bonds. The third-order valence-corrected chi connectivity index (χ3v) is 2.82. The predicted octanol–water partition coefficient (Wildman–Crippen LogP) is 1.62. The summed E-state index contributed by atoms with van der Waals surface area (Å²) in [5.74, 6) is 0. The van der Waals surface area contributed by atoms with Gasteiger partial charge in [0.05, 0.1) is 11.1 Å². The Kier molecular flexibility index (Phi) is 1.68. The Balaban J connectivity index is 3.01. The van der Waals surface area contributed by atoms with Crippen molar-refractivity contribution in [1.29, 1.82) is 5.26 Å². The number of nitrogens with zero attached hydrogens (tertiary/aromatic N) is 1. The quantitative estimate of drug-likeness (QED) is 0.558. The van der Waals surface area contributed by atoms with Crippen LogP contribution in [0.3, 0.4) is 0 Å². The van der Waals surface area contributed by atoms with Crippen LogP contribution in [0.15, 0.2) is 0 Å². The topological polar surface area (TPSA) is 35.8 Å². The molecule has 1 unspecified atom stereocenters. The maximum Gasteiger partial charge on any atom is 0.128 e. The molecule has 60 valence electrons. The fourth-order valence-electron chi connectivity index (χ4n) is 1.25. The largest absolute Gasteiger partial charge is 0.362 e. The van der Waals surface area contributed by atoms with Gasteiger partial charge in [-0.15, -0.1) is 0 Å². The average Bonchev–Trinajstić information content (AvgIpc) is 2.03. The molecule has 1 fully saturated rings. The Morgan fingerprint density at radius 2 is 2.09 bits per heavy atom. The Morgan fingerprint density at radius 3 is 2.27 bits per heavy atom. The predicted molar refractivity (Wildman–Crippen MR) is 48.1 cm³/mol. The number of nitriles is 1. The van der Waals surface area contributed by atoms with Crippen molar-refractivity contribution in [2.45, 2.75) is 32.7 Å². The molecule has 0 saturated carbocycles. The van der Waals surface area contributed by atoms with E-state index >= 15 is 0 Å². The molecule has 1 rings (SSSR count). The van der Waals surface area contributed by atoms with Crippen LogP contribution in [0, 0.1) is 16.7 Å². The Morgan fingerprint density at radius 1 is 1.55 bits per heavy atom. The molecule has 0 aliphatic carbocycles. The molecule has 1 heterocycles. The average molecular weight is 168 g/mol. The SMILES string of the molecule is CC1(C)CC(=S)NC1(C)C#N. The van der Waals surface area contributed by atoms with Crippen molar-refractivity contribution in [3.8, 4) is 6.07 Å². The minimum absolute atomic E-state index is 0.0428. The minimum Gasteiger partial charge on any atom is -0.362 e. The van der Waals surface area contributed by atoms with Crippen LogP contribution in [0.2, 0.25) is 0 Å². The summed E-state index contributed by atoms with van der Waals surface area (Å²) in [7, 11) is 0. The number of hydrogen-bond donors (Lipinski definition) is 1. The van der Waals surface area contributed by atoms with E-state index in [1.54, 1.807) is 0 Å². The van der Waals surface area contributed by atoms with Crippen molar-refractivity contribution in [3.63, 3.8) is 0 Å². The van der Waals surface area contributed by atoms with Gasteiger partial charge >= 0.3 is 0 Å². The van der Waals surface area contributed by atoms with Crippen molar-refractivity contribution < 1.29 is 0 Å². The number of rotatable bonds is 0. The molecule has 1 N–H and O–H groups in total. The van der Waals surface area contributed by atoms with Crippen LogP contribution in [-0.4, -0.2) is 10.5 Å². The van der Waals surface area contributed by atoms with Crippen LogP contribution in [-0.2, 0) is 0 Å². The van der Waals surface area contributed by atoms with Gasteiger partial charge in [0.1, 0.15) is 5.54 Å². The highest BCUT2D eigenvalue weighted by Gasteiger charge is 2.47. The summed E-state index contributed by atoms with van der Waals surface area (Å²) in [5.41, 5.74) is -0.525. The second-order valence-corrected chi connectivity index (χ2v) is 4.34. The zero-order valence-electron chi connectivity index (χ0n) is 7.06. The summed E-state index contributed by atoms with van der Waals surface area (Å²) >= 11 is 5.02. The minimum atomic E-state index is -0.482. The fourth-order valence-corrected chi connectivity index (χ4v) is 1.81. The molecule has 0 aromatic carbocycles. The first-order valence-corrected chi connectivity index (χ1v) is 4.04. The number of thiocarbonyl (C=S) groups is 1. The van der Waals surface area contributed by atoms with Gasteiger partial charge in [-0.25, -0.2) is 0 Å². The maximum absolute atomic E-state index is 8.91. The first kappa shape index (κ1) is 8.48. The van der Waals surface area contributed by atoms with Crippen LogP contribution < -0.4 is 5.32 Å². The lowest BCUT2D eigenvalue weighted by Crippen LogP contribution is -2.45. The van der Waals surface area contributed by atoms with Crippen molar-refractivity contribution in [2.24, 2.45) is 5.41 Å². The van der Waals surface area contributed by atoms with E-state index in [1.807, 2.05) is 6.92 Å². The van der Waals surface area contributed by atoms with Crippen LogP contribution in [0.4, 0.5) is 0 Å². The maximum atomic E-state index is 8.91. The fraction of sp³-hybridized carbons (Fsp3) is 0.750. The molecule has 3 heteroatoms. The summed E-state index contributed by atoms with van der Waals surface area (Å²) in [6.07, 6.45) is 0.812. The van der Waals surface area contributed by atoms with Gasteiger partial charge in [0.15, 0.2) is 0 Å². The molecule has 2 nitrogen and oxygen atoms in total. The van der Waals surface area contributed by atoms with Gasteiger partial charge < -0.3 is 5.32 Å². The molecule has 1 atom stereocenters. The molecule has 0 bridgehead atoms. The van der Waals surface area contributed by atoms with E-state index in [2.05, 4.69) is 25.2 Å². The zero-order valence-corrected chi connectivity index (χ0v) is 7.88. The lowest BCUT2D eigenvalue weighted by atomic mass is 9.75. The summed E-state index contributed by atoms with van der Waals surface area (Å²) < 4.78 is 0. The van der Waals surface area contributed by atoms with Gasteiger partial charge in [0.25, 0.3) is 0 Å². The van der Waals surface area contributed by atoms with E-state index in [1.165, 1.54) is 0 Å². The smallest absolute Gasteiger partial charge is 0.128 e. The van der Waals surface area contributed by atoms with E-state index < -0.39 is 5.54 Å². The normalized spacial score (nSPS) is 34.5. The second kappa shape index (κ2) is 2.18. The van der Waals surface area contributed by atoms with Crippen molar-refractivity contribution >= 4 is 17.2 Å². The lowest BCUT2D eigenvalue weighted by Gasteiger charge is -2.30. The van der Waals surface area contributed by atoms with Crippen molar-refractivity contribution in [2.75, 3.05) is 0 Å². The molecule has 0 aromatic heterocycles. The highest BCUT2D eigenvalue weighted by molar-refractivity contribution is 7.80. The monoisotopic (exact) mass is 168 g/mol. The third-order valence-electron chi connectivity index (χ3n) is 2.57. The molecule has 0 aromatic rings.